The Hall–Kier alpha value is -3.36. The highest BCUT2D eigenvalue weighted by Gasteiger charge is 2.07. The smallest absolute Gasteiger partial charge is 0.0991 e. The van der Waals surface area contributed by atoms with Crippen molar-refractivity contribution in [2.75, 3.05) is 0 Å². The van der Waals surface area contributed by atoms with Crippen LogP contribution >= 0.6 is 0 Å². The van der Waals surface area contributed by atoms with Gasteiger partial charge in [0.15, 0.2) is 0 Å². The summed E-state index contributed by atoms with van der Waals surface area (Å²) >= 11 is 0. The predicted molar refractivity (Wildman–Crippen MR) is 96.1 cm³/mol. The molecule has 0 bridgehead atoms. The predicted octanol–water partition coefficient (Wildman–Crippen LogP) is 5.33. The van der Waals surface area contributed by atoms with Gasteiger partial charge in [0.1, 0.15) is 0 Å². The Balaban J connectivity index is 2.01. The van der Waals surface area contributed by atoms with Crippen LogP contribution in [0.2, 0.25) is 0 Å². The van der Waals surface area contributed by atoms with Crippen LogP contribution in [0.15, 0.2) is 66.7 Å². The molecule has 0 radical (unpaired) electrons. The molecule has 114 valence electrons. The molecule has 3 aromatic carbocycles. The van der Waals surface area contributed by atoms with E-state index in [9.17, 15) is 0 Å². The van der Waals surface area contributed by atoms with Gasteiger partial charge in [-0.05, 0) is 58.5 Å². The van der Waals surface area contributed by atoms with Crippen molar-refractivity contribution in [2.45, 2.75) is 13.3 Å². The molecule has 2 heteroatoms. The molecule has 0 aliphatic carbocycles. The van der Waals surface area contributed by atoms with Gasteiger partial charge in [-0.15, -0.1) is 0 Å². The van der Waals surface area contributed by atoms with Crippen molar-refractivity contribution >= 4 is 0 Å². The van der Waals surface area contributed by atoms with Gasteiger partial charge in [0, 0.05) is 0 Å². The van der Waals surface area contributed by atoms with Crippen LogP contribution in [0.5, 0.6) is 0 Å². The average Bonchev–Trinajstić information content (AvgIpc) is 2.67. The molecule has 0 unspecified atom stereocenters. The second-order valence-corrected chi connectivity index (χ2v) is 5.60. The van der Waals surface area contributed by atoms with Crippen LogP contribution in [-0.4, -0.2) is 0 Å². The SMILES string of the molecule is CCc1cc(-c2ccc(C#N)cc2)ccc1-c1ccc(C#N)cc1. The van der Waals surface area contributed by atoms with Crippen molar-refractivity contribution in [3.8, 4) is 34.4 Å². The van der Waals surface area contributed by atoms with E-state index in [2.05, 4.69) is 37.3 Å². The van der Waals surface area contributed by atoms with Gasteiger partial charge in [0.05, 0.1) is 23.3 Å². The Bertz CT molecular complexity index is 937. The van der Waals surface area contributed by atoms with Gasteiger partial charge >= 0.3 is 0 Å². The summed E-state index contributed by atoms with van der Waals surface area (Å²) in [6.45, 7) is 2.14. The summed E-state index contributed by atoms with van der Waals surface area (Å²) in [7, 11) is 0. The van der Waals surface area contributed by atoms with Crippen LogP contribution in [0.3, 0.4) is 0 Å². The molecule has 0 aliphatic rings. The summed E-state index contributed by atoms with van der Waals surface area (Å²) in [5.41, 5.74) is 7.18. The van der Waals surface area contributed by atoms with Crippen LogP contribution in [0, 0.1) is 22.7 Å². The highest BCUT2D eigenvalue weighted by Crippen LogP contribution is 2.29. The summed E-state index contributed by atoms with van der Waals surface area (Å²) < 4.78 is 0. The molecular weight excluding hydrogens is 292 g/mol. The lowest BCUT2D eigenvalue weighted by Gasteiger charge is -2.11. The Morgan fingerprint density at radius 2 is 1.17 bits per heavy atom. The lowest BCUT2D eigenvalue weighted by Crippen LogP contribution is -1.90. The molecule has 2 nitrogen and oxygen atoms in total. The molecule has 3 rings (SSSR count). The van der Waals surface area contributed by atoms with Crippen molar-refractivity contribution in [3.63, 3.8) is 0 Å². The minimum atomic E-state index is 0.670. The van der Waals surface area contributed by atoms with Crippen molar-refractivity contribution in [3.05, 3.63) is 83.4 Å². The van der Waals surface area contributed by atoms with E-state index in [4.69, 9.17) is 10.5 Å². The summed E-state index contributed by atoms with van der Waals surface area (Å²) in [4.78, 5) is 0. The molecule has 0 heterocycles. The maximum Gasteiger partial charge on any atom is 0.0991 e. The highest BCUT2D eigenvalue weighted by molar-refractivity contribution is 5.74. The summed E-state index contributed by atoms with van der Waals surface area (Å²) in [5.74, 6) is 0. The van der Waals surface area contributed by atoms with E-state index >= 15 is 0 Å². The van der Waals surface area contributed by atoms with Crippen LogP contribution < -0.4 is 0 Å². The number of rotatable bonds is 3. The first-order chi connectivity index (χ1) is 11.7. The van der Waals surface area contributed by atoms with E-state index in [1.165, 1.54) is 11.1 Å². The summed E-state index contributed by atoms with van der Waals surface area (Å²) in [6.07, 6.45) is 0.930. The number of nitriles is 2. The van der Waals surface area contributed by atoms with Gasteiger partial charge < -0.3 is 0 Å². The lowest BCUT2D eigenvalue weighted by atomic mass is 9.93. The monoisotopic (exact) mass is 308 g/mol. The maximum absolute atomic E-state index is 8.93. The summed E-state index contributed by atoms with van der Waals surface area (Å²) in [6, 6.07) is 26.1. The second kappa shape index (κ2) is 6.82. The minimum absolute atomic E-state index is 0.670. The van der Waals surface area contributed by atoms with Crippen LogP contribution in [-0.2, 0) is 6.42 Å². The zero-order valence-electron chi connectivity index (χ0n) is 13.5. The molecule has 0 spiro atoms. The van der Waals surface area contributed by atoms with Gasteiger partial charge in [0.25, 0.3) is 0 Å². The maximum atomic E-state index is 8.93. The van der Waals surface area contributed by atoms with Crippen molar-refractivity contribution < 1.29 is 0 Å². The normalized spacial score (nSPS) is 9.96. The molecule has 0 aliphatic heterocycles. The molecule has 0 aromatic heterocycles. The Morgan fingerprint density at radius 3 is 1.67 bits per heavy atom. The third-order valence-corrected chi connectivity index (χ3v) is 4.16. The van der Waals surface area contributed by atoms with Crippen molar-refractivity contribution in [1.29, 1.82) is 10.5 Å². The van der Waals surface area contributed by atoms with Gasteiger partial charge in [-0.1, -0.05) is 49.4 Å². The first-order valence-electron chi connectivity index (χ1n) is 7.89. The molecule has 24 heavy (non-hydrogen) atoms. The van der Waals surface area contributed by atoms with E-state index < -0.39 is 0 Å². The standard InChI is InChI=1S/C22H16N2/c1-2-18-13-21(19-7-3-16(14-23)4-8-19)11-12-22(18)20-9-5-17(15-24)6-10-20/h3-13H,2H2,1H3. The molecule has 0 amide bonds. The number of nitrogens with zero attached hydrogens (tertiary/aromatic N) is 2. The Labute approximate surface area is 142 Å². The van der Waals surface area contributed by atoms with E-state index in [1.807, 2.05) is 48.5 Å². The number of benzene rings is 3. The molecule has 0 atom stereocenters. The fourth-order valence-electron chi connectivity index (χ4n) is 2.81. The minimum Gasteiger partial charge on any atom is -0.192 e. The summed E-state index contributed by atoms with van der Waals surface area (Å²) in [5, 5.41) is 17.8. The second-order valence-electron chi connectivity index (χ2n) is 5.60. The molecule has 3 aromatic rings. The van der Waals surface area contributed by atoms with Crippen LogP contribution in [0.25, 0.3) is 22.3 Å². The topological polar surface area (TPSA) is 47.6 Å². The van der Waals surface area contributed by atoms with Gasteiger partial charge in [-0.2, -0.15) is 10.5 Å². The molecule has 0 saturated heterocycles. The highest BCUT2D eigenvalue weighted by atomic mass is 14.2. The van der Waals surface area contributed by atoms with Gasteiger partial charge in [-0.25, -0.2) is 0 Å². The van der Waals surface area contributed by atoms with E-state index in [-0.39, 0.29) is 0 Å². The fraction of sp³-hybridized carbons (Fsp3) is 0.0909. The number of hydrogen-bond acceptors (Lipinski definition) is 2. The Morgan fingerprint density at radius 1 is 0.667 bits per heavy atom. The Kier molecular flexibility index (Phi) is 4.41. The fourth-order valence-corrected chi connectivity index (χ4v) is 2.81. The largest absolute Gasteiger partial charge is 0.192 e. The van der Waals surface area contributed by atoms with E-state index in [1.54, 1.807) is 0 Å². The van der Waals surface area contributed by atoms with E-state index in [0.717, 1.165) is 23.1 Å². The van der Waals surface area contributed by atoms with Gasteiger partial charge in [0.2, 0.25) is 0 Å². The third-order valence-electron chi connectivity index (χ3n) is 4.16. The van der Waals surface area contributed by atoms with E-state index in [0.29, 0.717) is 11.1 Å². The van der Waals surface area contributed by atoms with Crippen molar-refractivity contribution in [1.82, 2.24) is 0 Å². The quantitative estimate of drug-likeness (QED) is 0.657. The number of aryl methyl sites for hydroxylation is 1. The molecule has 0 fully saturated rings. The van der Waals surface area contributed by atoms with Crippen LogP contribution in [0.4, 0.5) is 0 Å². The molecular formula is C22H16N2. The zero-order chi connectivity index (χ0) is 16.9. The van der Waals surface area contributed by atoms with Gasteiger partial charge in [-0.3, -0.25) is 0 Å². The average molecular weight is 308 g/mol. The molecule has 0 N–H and O–H groups in total. The first-order valence-corrected chi connectivity index (χ1v) is 7.89. The third kappa shape index (κ3) is 3.05. The molecule has 0 saturated carbocycles. The van der Waals surface area contributed by atoms with Crippen molar-refractivity contribution in [2.24, 2.45) is 0 Å². The lowest BCUT2D eigenvalue weighted by molar-refractivity contribution is 1.14. The number of hydrogen-bond donors (Lipinski definition) is 0. The van der Waals surface area contributed by atoms with Crippen LogP contribution in [0.1, 0.15) is 23.6 Å². The first kappa shape index (κ1) is 15.5. The zero-order valence-corrected chi connectivity index (χ0v) is 13.5.